The van der Waals surface area contributed by atoms with Gasteiger partial charge in [-0.25, -0.2) is 9.59 Å². The number of carbonyl (C=O) groups is 3. The summed E-state index contributed by atoms with van der Waals surface area (Å²) in [5, 5.41) is 17.4. The number of rotatable bonds is 8. The van der Waals surface area contributed by atoms with E-state index in [0.717, 1.165) is 11.1 Å². The van der Waals surface area contributed by atoms with Crippen LogP contribution in [0.5, 0.6) is 5.75 Å². The number of para-hydroxylation sites is 2. The van der Waals surface area contributed by atoms with Crippen LogP contribution in [-0.2, 0) is 4.79 Å². The summed E-state index contributed by atoms with van der Waals surface area (Å²) in [6.07, 6.45) is 0.896. The summed E-state index contributed by atoms with van der Waals surface area (Å²) in [5.41, 5.74) is 2.28. The molecule has 0 radical (unpaired) electrons. The molecule has 0 saturated heterocycles. The van der Waals surface area contributed by atoms with Gasteiger partial charge in [-0.3, -0.25) is 4.79 Å². The smallest absolute Gasteiger partial charge is 0.329 e. The number of ether oxygens (including phenoxy) is 1. The van der Waals surface area contributed by atoms with E-state index in [-0.39, 0.29) is 6.03 Å². The quantitative estimate of drug-likeness (QED) is 0.388. The van der Waals surface area contributed by atoms with Crippen LogP contribution in [0.1, 0.15) is 30.1 Å². The number of hydrogen-bond donors (Lipinski definition) is 4. The molecule has 0 spiro atoms. The Kier molecular flexibility index (Phi) is 6.49. The predicted octanol–water partition coefficient (Wildman–Crippen LogP) is 4.74. The fraction of sp³-hybridized carbons (Fsp3) is 0.192. The number of benzene rings is 3. The average molecular weight is 460 g/mol. The topological polar surface area (TPSA) is 117 Å². The van der Waals surface area contributed by atoms with Gasteiger partial charge in [0, 0.05) is 11.3 Å². The molecule has 174 valence electrons. The summed E-state index contributed by atoms with van der Waals surface area (Å²) < 4.78 is 5.52. The molecular weight excluding hydrogens is 434 g/mol. The van der Waals surface area contributed by atoms with E-state index in [1.165, 1.54) is 0 Å². The van der Waals surface area contributed by atoms with Crippen LogP contribution in [0.15, 0.2) is 72.8 Å². The summed E-state index contributed by atoms with van der Waals surface area (Å²) in [7, 11) is 0. The van der Waals surface area contributed by atoms with Gasteiger partial charge >= 0.3 is 12.0 Å². The van der Waals surface area contributed by atoms with Crippen molar-refractivity contribution in [2.24, 2.45) is 0 Å². The molecule has 4 rings (SSSR count). The number of carboxylic acids is 1. The molecular formula is C26H25N3O5. The molecule has 0 aliphatic heterocycles. The Hall–Kier alpha value is -4.33. The average Bonchev–Trinajstić information content (AvgIpc) is 3.62. The summed E-state index contributed by atoms with van der Waals surface area (Å²) in [6.45, 7) is 2.37. The number of hydrogen-bond acceptors (Lipinski definition) is 4. The fourth-order valence-corrected chi connectivity index (χ4v) is 3.50. The van der Waals surface area contributed by atoms with Crippen LogP contribution in [0, 0.1) is 0 Å². The van der Waals surface area contributed by atoms with E-state index in [1.54, 1.807) is 48.5 Å². The minimum atomic E-state index is -1.12. The van der Waals surface area contributed by atoms with Crippen molar-refractivity contribution in [3.8, 4) is 16.9 Å². The Labute approximate surface area is 197 Å². The Morgan fingerprint density at radius 3 is 2.09 bits per heavy atom. The fourth-order valence-electron chi connectivity index (χ4n) is 3.50. The number of amides is 3. The molecule has 4 N–H and O–H groups in total. The Bertz CT molecular complexity index is 1200. The van der Waals surface area contributed by atoms with E-state index in [1.807, 2.05) is 31.2 Å². The van der Waals surface area contributed by atoms with E-state index in [0.29, 0.717) is 42.1 Å². The van der Waals surface area contributed by atoms with Crippen molar-refractivity contribution in [1.82, 2.24) is 5.32 Å². The molecule has 1 saturated carbocycles. The van der Waals surface area contributed by atoms with E-state index >= 15 is 0 Å². The van der Waals surface area contributed by atoms with Crippen LogP contribution < -0.4 is 20.7 Å². The lowest BCUT2D eigenvalue weighted by Crippen LogP contribution is -2.43. The standard InChI is InChI=1S/C26H25N3O5/c1-2-34-22-6-4-3-5-21(22)28-25(33)27-20-13-11-18(12-14-20)17-7-9-19(10-8-17)23(30)29-26(15-16-26)24(31)32/h3-14H,2,15-16H2,1H3,(H,29,30)(H,31,32)(H2,27,28,33). The second-order valence-corrected chi connectivity index (χ2v) is 8.00. The summed E-state index contributed by atoms with van der Waals surface area (Å²) in [4.78, 5) is 36.0. The van der Waals surface area contributed by atoms with Crippen LogP contribution in [0.3, 0.4) is 0 Å². The molecule has 3 aromatic carbocycles. The summed E-state index contributed by atoms with van der Waals surface area (Å²) in [5.74, 6) is -0.802. The van der Waals surface area contributed by atoms with Gasteiger partial charge in [0.15, 0.2) is 0 Å². The second-order valence-electron chi connectivity index (χ2n) is 8.00. The van der Waals surface area contributed by atoms with E-state index in [2.05, 4.69) is 16.0 Å². The third-order valence-electron chi connectivity index (χ3n) is 5.57. The highest BCUT2D eigenvalue weighted by molar-refractivity contribution is 6.01. The van der Waals surface area contributed by atoms with Crippen molar-refractivity contribution in [2.45, 2.75) is 25.3 Å². The molecule has 0 bridgehead atoms. The van der Waals surface area contributed by atoms with Gasteiger partial charge in [-0.05, 0) is 67.3 Å². The SMILES string of the molecule is CCOc1ccccc1NC(=O)Nc1ccc(-c2ccc(C(=O)NC3(C(=O)O)CC3)cc2)cc1. The first-order valence-corrected chi connectivity index (χ1v) is 11.0. The van der Waals surface area contributed by atoms with Crippen LogP contribution in [-0.4, -0.2) is 35.2 Å². The van der Waals surface area contributed by atoms with Gasteiger partial charge in [0.2, 0.25) is 0 Å². The first-order valence-electron chi connectivity index (χ1n) is 11.0. The van der Waals surface area contributed by atoms with Crippen LogP contribution >= 0.6 is 0 Å². The highest BCUT2D eigenvalue weighted by Gasteiger charge is 2.51. The minimum absolute atomic E-state index is 0.384. The molecule has 0 heterocycles. The van der Waals surface area contributed by atoms with Crippen molar-refractivity contribution in [1.29, 1.82) is 0 Å². The number of urea groups is 1. The molecule has 8 heteroatoms. The van der Waals surface area contributed by atoms with Crippen LogP contribution in [0.4, 0.5) is 16.2 Å². The molecule has 1 aliphatic carbocycles. The molecule has 0 aromatic heterocycles. The monoisotopic (exact) mass is 459 g/mol. The molecule has 8 nitrogen and oxygen atoms in total. The molecule has 0 atom stereocenters. The molecule has 3 aromatic rings. The van der Waals surface area contributed by atoms with Crippen LogP contribution in [0.2, 0.25) is 0 Å². The largest absolute Gasteiger partial charge is 0.492 e. The molecule has 1 fully saturated rings. The highest BCUT2D eigenvalue weighted by atomic mass is 16.5. The highest BCUT2D eigenvalue weighted by Crippen LogP contribution is 2.36. The molecule has 1 aliphatic rings. The maximum atomic E-state index is 12.4. The van der Waals surface area contributed by atoms with E-state index in [4.69, 9.17) is 4.74 Å². The third kappa shape index (κ3) is 5.17. The number of carboxylic acid groups (broad SMARTS) is 1. The van der Waals surface area contributed by atoms with Gasteiger partial charge in [-0.2, -0.15) is 0 Å². The Morgan fingerprint density at radius 2 is 1.50 bits per heavy atom. The predicted molar refractivity (Wildman–Crippen MR) is 129 cm³/mol. The number of carbonyl (C=O) groups excluding carboxylic acids is 2. The molecule has 34 heavy (non-hydrogen) atoms. The summed E-state index contributed by atoms with van der Waals surface area (Å²) in [6, 6.07) is 21.1. The zero-order valence-electron chi connectivity index (χ0n) is 18.6. The van der Waals surface area contributed by atoms with Gasteiger partial charge < -0.3 is 25.8 Å². The van der Waals surface area contributed by atoms with Crippen molar-refractivity contribution in [3.05, 3.63) is 78.4 Å². The van der Waals surface area contributed by atoms with Crippen molar-refractivity contribution >= 4 is 29.3 Å². The Morgan fingerprint density at radius 1 is 0.882 bits per heavy atom. The zero-order chi connectivity index (χ0) is 24.1. The normalized spacial score (nSPS) is 13.4. The number of nitrogens with one attached hydrogen (secondary N) is 3. The molecule has 0 unspecified atom stereocenters. The van der Waals surface area contributed by atoms with Gasteiger partial charge in [-0.1, -0.05) is 36.4 Å². The Balaban J connectivity index is 1.36. The van der Waals surface area contributed by atoms with Crippen molar-refractivity contribution in [3.63, 3.8) is 0 Å². The first kappa shape index (κ1) is 22.8. The maximum absolute atomic E-state index is 12.4. The zero-order valence-corrected chi connectivity index (χ0v) is 18.6. The lowest BCUT2D eigenvalue weighted by Gasteiger charge is -2.13. The van der Waals surface area contributed by atoms with E-state index < -0.39 is 17.4 Å². The lowest BCUT2D eigenvalue weighted by molar-refractivity contribution is -0.140. The van der Waals surface area contributed by atoms with E-state index in [9.17, 15) is 19.5 Å². The lowest BCUT2D eigenvalue weighted by atomic mass is 10.0. The number of anilines is 2. The van der Waals surface area contributed by atoms with Gasteiger partial charge in [0.1, 0.15) is 11.3 Å². The van der Waals surface area contributed by atoms with Crippen molar-refractivity contribution in [2.75, 3.05) is 17.2 Å². The summed E-state index contributed by atoms with van der Waals surface area (Å²) >= 11 is 0. The molecule has 3 amide bonds. The van der Waals surface area contributed by atoms with Gasteiger partial charge in [0.25, 0.3) is 5.91 Å². The maximum Gasteiger partial charge on any atom is 0.329 e. The van der Waals surface area contributed by atoms with Gasteiger partial charge in [0.05, 0.1) is 12.3 Å². The van der Waals surface area contributed by atoms with Crippen LogP contribution in [0.25, 0.3) is 11.1 Å². The second kappa shape index (κ2) is 9.66. The first-order chi connectivity index (χ1) is 16.4. The van der Waals surface area contributed by atoms with Gasteiger partial charge in [-0.15, -0.1) is 0 Å². The minimum Gasteiger partial charge on any atom is -0.492 e. The van der Waals surface area contributed by atoms with Crippen molar-refractivity contribution < 1.29 is 24.2 Å². The number of aliphatic carboxylic acids is 1. The third-order valence-corrected chi connectivity index (χ3v) is 5.57.